The summed E-state index contributed by atoms with van der Waals surface area (Å²) in [5, 5.41) is 34.1. The van der Waals surface area contributed by atoms with E-state index in [1.54, 1.807) is 36.4 Å². The molecule has 0 amide bonds. The van der Waals surface area contributed by atoms with Gasteiger partial charge in [-0.2, -0.15) is 0 Å². The maximum absolute atomic E-state index is 11.7. The van der Waals surface area contributed by atoms with Crippen LogP contribution in [0.25, 0.3) is 0 Å². The SMILES string of the molecule is Oc1ccc(P)cc1C(O)(c1ccccc1)c1cc(P)ccc1O. The van der Waals surface area contributed by atoms with Crippen LogP contribution in [0, 0.1) is 0 Å². The Bertz CT molecular complexity index is 828. The fourth-order valence-electron chi connectivity index (χ4n) is 2.82. The molecule has 0 spiro atoms. The van der Waals surface area contributed by atoms with Crippen molar-refractivity contribution >= 4 is 29.1 Å². The summed E-state index contributed by atoms with van der Waals surface area (Å²) in [7, 11) is 5.10. The topological polar surface area (TPSA) is 60.7 Å². The molecule has 2 atom stereocenters. The second-order valence-corrected chi connectivity index (χ2v) is 6.96. The Morgan fingerprint density at radius 3 is 1.58 bits per heavy atom. The normalized spacial score (nSPS) is 11.5. The molecule has 2 unspecified atom stereocenters. The second kappa shape index (κ2) is 6.53. The highest BCUT2D eigenvalue weighted by molar-refractivity contribution is 7.27. The van der Waals surface area contributed by atoms with Crippen LogP contribution >= 0.6 is 18.5 Å². The summed E-state index contributed by atoms with van der Waals surface area (Å²) in [4.78, 5) is 0. The molecule has 5 heteroatoms. The summed E-state index contributed by atoms with van der Waals surface area (Å²) < 4.78 is 0. The van der Waals surface area contributed by atoms with Gasteiger partial charge in [0.2, 0.25) is 0 Å². The van der Waals surface area contributed by atoms with E-state index in [0.29, 0.717) is 16.7 Å². The molecule has 0 bridgehead atoms. The van der Waals surface area contributed by atoms with Crippen LogP contribution in [0.4, 0.5) is 0 Å². The molecule has 0 saturated heterocycles. The van der Waals surface area contributed by atoms with Crippen molar-refractivity contribution in [3.05, 3.63) is 83.4 Å². The van der Waals surface area contributed by atoms with Gasteiger partial charge in [0.05, 0.1) is 0 Å². The molecule has 24 heavy (non-hydrogen) atoms. The van der Waals surface area contributed by atoms with Crippen molar-refractivity contribution in [2.45, 2.75) is 5.60 Å². The molecule has 0 aliphatic rings. The van der Waals surface area contributed by atoms with Crippen LogP contribution in [0.15, 0.2) is 66.7 Å². The molecular weight excluding hydrogens is 338 g/mol. The van der Waals surface area contributed by atoms with Crippen LogP contribution in [-0.2, 0) is 5.60 Å². The van der Waals surface area contributed by atoms with Gasteiger partial charge >= 0.3 is 0 Å². The molecule has 0 aliphatic carbocycles. The molecule has 0 saturated carbocycles. The van der Waals surface area contributed by atoms with Gasteiger partial charge in [0.25, 0.3) is 0 Å². The first-order chi connectivity index (χ1) is 11.4. The molecule has 0 heterocycles. The van der Waals surface area contributed by atoms with Crippen molar-refractivity contribution < 1.29 is 15.3 Å². The number of phenols is 2. The Balaban J connectivity index is 2.38. The highest BCUT2D eigenvalue weighted by Gasteiger charge is 2.38. The van der Waals surface area contributed by atoms with Crippen LogP contribution in [0.2, 0.25) is 0 Å². The average molecular weight is 356 g/mol. The van der Waals surface area contributed by atoms with Gasteiger partial charge in [-0.15, -0.1) is 18.5 Å². The third-order valence-electron chi connectivity index (χ3n) is 4.01. The smallest absolute Gasteiger partial charge is 0.147 e. The number of aliphatic hydroxyl groups is 1. The lowest BCUT2D eigenvalue weighted by Gasteiger charge is -2.31. The standard InChI is InChI=1S/C19H18O3P2/c20-17-8-6-13(23)10-15(17)19(22,12-4-2-1-3-5-12)16-11-14(24)7-9-18(16)21/h1-11,20-22H,23-24H2. The highest BCUT2D eigenvalue weighted by Crippen LogP contribution is 2.43. The van der Waals surface area contributed by atoms with Gasteiger partial charge in [0.1, 0.15) is 17.1 Å². The minimum atomic E-state index is -1.69. The quantitative estimate of drug-likeness (QED) is 0.499. The van der Waals surface area contributed by atoms with Crippen molar-refractivity contribution in [3.8, 4) is 11.5 Å². The molecule has 0 radical (unpaired) electrons. The van der Waals surface area contributed by atoms with E-state index in [2.05, 4.69) is 18.5 Å². The maximum Gasteiger partial charge on any atom is 0.147 e. The zero-order valence-electron chi connectivity index (χ0n) is 12.8. The van der Waals surface area contributed by atoms with Crippen molar-refractivity contribution in [2.75, 3.05) is 0 Å². The van der Waals surface area contributed by atoms with E-state index in [9.17, 15) is 15.3 Å². The summed E-state index contributed by atoms with van der Waals surface area (Å²) in [5.41, 5.74) is -0.504. The lowest BCUT2D eigenvalue weighted by Crippen LogP contribution is -2.30. The van der Waals surface area contributed by atoms with Crippen LogP contribution < -0.4 is 10.6 Å². The van der Waals surface area contributed by atoms with Crippen molar-refractivity contribution in [1.29, 1.82) is 0 Å². The molecule has 0 aliphatic heterocycles. The Labute approximate surface area is 145 Å². The maximum atomic E-state index is 11.7. The first-order valence-electron chi connectivity index (χ1n) is 7.38. The zero-order valence-corrected chi connectivity index (χ0v) is 15.2. The van der Waals surface area contributed by atoms with Gasteiger partial charge in [0.15, 0.2) is 0 Å². The Morgan fingerprint density at radius 1 is 0.667 bits per heavy atom. The predicted molar refractivity (Wildman–Crippen MR) is 103 cm³/mol. The summed E-state index contributed by atoms with van der Waals surface area (Å²) in [5.74, 6) is -0.0813. The average Bonchev–Trinajstić information content (AvgIpc) is 2.59. The number of aromatic hydroxyl groups is 2. The molecule has 3 aromatic rings. The Morgan fingerprint density at radius 2 is 1.12 bits per heavy atom. The fourth-order valence-corrected chi connectivity index (χ4v) is 3.35. The Hall–Kier alpha value is -1.92. The molecule has 3 N–H and O–H groups in total. The van der Waals surface area contributed by atoms with Gasteiger partial charge in [-0.1, -0.05) is 42.5 Å². The first-order valence-corrected chi connectivity index (χ1v) is 8.54. The number of hydrogen-bond donors (Lipinski definition) is 3. The summed E-state index contributed by atoms with van der Waals surface area (Å²) in [6.07, 6.45) is 0. The summed E-state index contributed by atoms with van der Waals surface area (Å²) in [6, 6.07) is 18.9. The van der Waals surface area contributed by atoms with Crippen molar-refractivity contribution in [2.24, 2.45) is 0 Å². The van der Waals surface area contributed by atoms with Crippen LogP contribution in [0.5, 0.6) is 11.5 Å². The molecule has 3 rings (SSSR count). The Kier molecular flexibility index (Phi) is 4.60. The number of benzene rings is 3. The van der Waals surface area contributed by atoms with E-state index in [1.807, 2.05) is 18.2 Å². The van der Waals surface area contributed by atoms with E-state index < -0.39 is 5.60 Å². The third kappa shape index (κ3) is 2.91. The van der Waals surface area contributed by atoms with Crippen LogP contribution in [-0.4, -0.2) is 15.3 Å². The number of hydrogen-bond acceptors (Lipinski definition) is 3. The molecule has 122 valence electrons. The second-order valence-electron chi connectivity index (χ2n) is 5.63. The fraction of sp³-hybridized carbons (Fsp3) is 0.0526. The van der Waals surface area contributed by atoms with E-state index in [4.69, 9.17) is 0 Å². The van der Waals surface area contributed by atoms with Crippen molar-refractivity contribution in [3.63, 3.8) is 0 Å². The monoisotopic (exact) mass is 356 g/mol. The molecule has 0 fully saturated rings. The highest BCUT2D eigenvalue weighted by atomic mass is 31.0. The lowest BCUT2D eigenvalue weighted by atomic mass is 9.79. The molecule has 3 nitrogen and oxygen atoms in total. The summed E-state index contributed by atoms with van der Waals surface area (Å²) in [6.45, 7) is 0. The van der Waals surface area contributed by atoms with Gasteiger partial charge in [-0.3, -0.25) is 0 Å². The minimum absolute atomic E-state index is 0.0406. The summed E-state index contributed by atoms with van der Waals surface area (Å²) >= 11 is 0. The lowest BCUT2D eigenvalue weighted by molar-refractivity contribution is 0.119. The third-order valence-corrected chi connectivity index (χ3v) is 4.73. The predicted octanol–water partition coefficient (Wildman–Crippen LogP) is 2.38. The zero-order chi connectivity index (χ0) is 17.3. The van der Waals surface area contributed by atoms with E-state index in [0.717, 1.165) is 10.6 Å². The van der Waals surface area contributed by atoms with Crippen molar-refractivity contribution in [1.82, 2.24) is 0 Å². The molecule has 3 aromatic carbocycles. The molecule has 0 aromatic heterocycles. The van der Waals surface area contributed by atoms with Gasteiger partial charge in [-0.25, -0.2) is 0 Å². The molecular formula is C19H18O3P2. The van der Waals surface area contributed by atoms with Gasteiger partial charge < -0.3 is 15.3 Å². The van der Waals surface area contributed by atoms with Crippen LogP contribution in [0.3, 0.4) is 0 Å². The first kappa shape index (κ1) is 16.9. The number of rotatable bonds is 3. The minimum Gasteiger partial charge on any atom is -0.508 e. The van der Waals surface area contributed by atoms with E-state index in [1.165, 1.54) is 12.1 Å². The number of phenolic OH excluding ortho intramolecular Hbond substituents is 2. The van der Waals surface area contributed by atoms with Crippen LogP contribution in [0.1, 0.15) is 16.7 Å². The van der Waals surface area contributed by atoms with E-state index >= 15 is 0 Å². The largest absolute Gasteiger partial charge is 0.508 e. The van der Waals surface area contributed by atoms with Gasteiger partial charge in [-0.05, 0) is 40.4 Å². The van der Waals surface area contributed by atoms with E-state index in [-0.39, 0.29) is 11.5 Å². The van der Waals surface area contributed by atoms with Gasteiger partial charge in [0, 0.05) is 11.1 Å².